The lowest BCUT2D eigenvalue weighted by atomic mass is 9.92. The summed E-state index contributed by atoms with van der Waals surface area (Å²) in [5.41, 5.74) is 1.08. The molecule has 0 spiro atoms. The van der Waals surface area contributed by atoms with E-state index in [1.165, 1.54) is 0 Å². The van der Waals surface area contributed by atoms with Crippen molar-refractivity contribution in [1.29, 1.82) is 0 Å². The Bertz CT molecular complexity index is 591. The highest BCUT2D eigenvalue weighted by Gasteiger charge is 2.16. The lowest BCUT2D eigenvalue weighted by molar-refractivity contribution is -0.125. The monoisotopic (exact) mass is 333 g/mol. The summed E-state index contributed by atoms with van der Waals surface area (Å²) in [4.78, 5) is 35.2. The molecule has 1 aromatic carbocycles. The fourth-order valence-electron chi connectivity index (χ4n) is 2.05. The number of hydrogen-bond donors (Lipinski definition) is 3. The number of carbonyl (C=O) groups excluding carboxylic acids is 3. The van der Waals surface area contributed by atoms with Gasteiger partial charge in [-0.05, 0) is 30.0 Å². The van der Waals surface area contributed by atoms with Gasteiger partial charge in [-0.3, -0.25) is 14.4 Å². The van der Waals surface area contributed by atoms with Crippen molar-refractivity contribution in [2.75, 3.05) is 17.2 Å². The molecule has 0 saturated carbocycles. The minimum atomic E-state index is -0.311. The van der Waals surface area contributed by atoms with Crippen molar-refractivity contribution in [3.05, 3.63) is 24.3 Å². The first kappa shape index (κ1) is 19.7. The predicted octanol–water partition coefficient (Wildman–Crippen LogP) is 2.92. The van der Waals surface area contributed by atoms with Crippen LogP contribution in [0, 0.1) is 5.41 Å². The van der Waals surface area contributed by atoms with Crippen LogP contribution in [0.1, 0.15) is 47.0 Å². The summed E-state index contributed by atoms with van der Waals surface area (Å²) >= 11 is 0. The summed E-state index contributed by atoms with van der Waals surface area (Å²) in [6.45, 7) is 7.74. The van der Waals surface area contributed by atoms with Crippen LogP contribution in [0.4, 0.5) is 11.4 Å². The standard InChI is InChI=1S/C18H27N3O3/c1-5-7-15(22)20-13-8-6-9-14(10-13)21-17(24)12-19-16(23)11-18(2,3)4/h6,8-10H,5,7,11-12H2,1-4H3,(H,19,23)(H,20,22)(H,21,24). The van der Waals surface area contributed by atoms with Gasteiger partial charge in [-0.1, -0.05) is 33.8 Å². The molecule has 0 bridgehead atoms. The number of hydrogen-bond acceptors (Lipinski definition) is 3. The van der Waals surface area contributed by atoms with Gasteiger partial charge in [0.05, 0.1) is 6.54 Å². The largest absolute Gasteiger partial charge is 0.347 e. The molecule has 0 aromatic heterocycles. The van der Waals surface area contributed by atoms with Gasteiger partial charge < -0.3 is 16.0 Å². The lowest BCUT2D eigenvalue weighted by Crippen LogP contribution is -2.34. The van der Waals surface area contributed by atoms with Gasteiger partial charge in [-0.25, -0.2) is 0 Å². The van der Waals surface area contributed by atoms with E-state index < -0.39 is 0 Å². The van der Waals surface area contributed by atoms with Crippen molar-refractivity contribution in [3.63, 3.8) is 0 Å². The Morgan fingerprint density at radius 3 is 2.08 bits per heavy atom. The molecule has 3 amide bonds. The van der Waals surface area contributed by atoms with E-state index in [1.54, 1.807) is 24.3 Å². The second-order valence-corrected chi connectivity index (χ2v) is 6.94. The Kier molecular flexibility index (Phi) is 7.42. The summed E-state index contributed by atoms with van der Waals surface area (Å²) in [6.07, 6.45) is 1.59. The first-order chi connectivity index (χ1) is 11.2. The zero-order valence-corrected chi connectivity index (χ0v) is 14.9. The van der Waals surface area contributed by atoms with Crippen LogP contribution in [0.5, 0.6) is 0 Å². The SMILES string of the molecule is CCCC(=O)Nc1cccc(NC(=O)CNC(=O)CC(C)(C)C)c1. The Morgan fingerprint density at radius 1 is 0.958 bits per heavy atom. The van der Waals surface area contributed by atoms with E-state index in [0.29, 0.717) is 24.2 Å². The molecule has 0 radical (unpaired) electrons. The average Bonchev–Trinajstić information content (AvgIpc) is 2.44. The van der Waals surface area contributed by atoms with E-state index in [2.05, 4.69) is 16.0 Å². The van der Waals surface area contributed by atoms with Gasteiger partial charge in [0.2, 0.25) is 17.7 Å². The molecule has 0 aliphatic heterocycles. The molecule has 0 aliphatic carbocycles. The van der Waals surface area contributed by atoms with Crippen molar-refractivity contribution >= 4 is 29.1 Å². The van der Waals surface area contributed by atoms with Gasteiger partial charge in [0, 0.05) is 24.2 Å². The highest BCUT2D eigenvalue weighted by atomic mass is 16.2. The van der Waals surface area contributed by atoms with Gasteiger partial charge in [0.1, 0.15) is 0 Å². The van der Waals surface area contributed by atoms with Gasteiger partial charge in [-0.2, -0.15) is 0 Å². The molecule has 3 N–H and O–H groups in total. The zero-order chi connectivity index (χ0) is 18.2. The summed E-state index contributed by atoms with van der Waals surface area (Å²) in [5.74, 6) is -0.525. The second kappa shape index (κ2) is 9.05. The molecule has 0 heterocycles. The van der Waals surface area contributed by atoms with Crippen molar-refractivity contribution < 1.29 is 14.4 Å². The van der Waals surface area contributed by atoms with Gasteiger partial charge in [0.15, 0.2) is 0 Å². The third-order valence-corrected chi connectivity index (χ3v) is 3.04. The highest BCUT2D eigenvalue weighted by molar-refractivity contribution is 5.96. The molecule has 0 fully saturated rings. The maximum absolute atomic E-state index is 11.9. The van der Waals surface area contributed by atoms with Crippen molar-refractivity contribution in [2.45, 2.75) is 47.0 Å². The maximum Gasteiger partial charge on any atom is 0.243 e. The van der Waals surface area contributed by atoms with Crippen LogP contribution in [-0.2, 0) is 14.4 Å². The predicted molar refractivity (Wildman–Crippen MR) is 95.7 cm³/mol. The molecule has 24 heavy (non-hydrogen) atoms. The summed E-state index contributed by atoms with van der Waals surface area (Å²) in [5, 5.41) is 8.08. The summed E-state index contributed by atoms with van der Waals surface area (Å²) in [6, 6.07) is 6.91. The van der Waals surface area contributed by atoms with Crippen molar-refractivity contribution in [2.24, 2.45) is 5.41 Å². The van der Waals surface area contributed by atoms with Crippen molar-refractivity contribution in [3.8, 4) is 0 Å². The molecule has 6 heteroatoms. The maximum atomic E-state index is 11.9. The van der Waals surface area contributed by atoms with Gasteiger partial charge in [0.25, 0.3) is 0 Å². The lowest BCUT2D eigenvalue weighted by Gasteiger charge is -2.17. The number of carbonyl (C=O) groups is 3. The minimum Gasteiger partial charge on any atom is -0.347 e. The summed E-state index contributed by atoms with van der Waals surface area (Å²) in [7, 11) is 0. The molecule has 6 nitrogen and oxygen atoms in total. The van der Waals surface area contributed by atoms with Crippen LogP contribution in [0.3, 0.4) is 0 Å². The Hall–Kier alpha value is -2.37. The third kappa shape index (κ3) is 8.31. The number of rotatable bonds is 7. The Balaban J connectivity index is 2.49. The Labute approximate surface area is 143 Å². The summed E-state index contributed by atoms with van der Waals surface area (Å²) < 4.78 is 0. The van der Waals surface area contributed by atoms with Crippen LogP contribution >= 0.6 is 0 Å². The van der Waals surface area contributed by atoms with Crippen molar-refractivity contribution in [1.82, 2.24) is 5.32 Å². The topological polar surface area (TPSA) is 87.3 Å². The van der Waals surface area contributed by atoms with E-state index in [9.17, 15) is 14.4 Å². The quantitative estimate of drug-likeness (QED) is 0.717. The van der Waals surface area contributed by atoms with Gasteiger partial charge >= 0.3 is 0 Å². The van der Waals surface area contributed by atoms with Gasteiger partial charge in [-0.15, -0.1) is 0 Å². The zero-order valence-electron chi connectivity index (χ0n) is 14.9. The smallest absolute Gasteiger partial charge is 0.243 e. The number of anilines is 2. The van der Waals surface area contributed by atoms with E-state index >= 15 is 0 Å². The third-order valence-electron chi connectivity index (χ3n) is 3.04. The molecule has 0 unspecified atom stereocenters. The van der Waals surface area contributed by atoms with E-state index in [4.69, 9.17) is 0 Å². The highest BCUT2D eigenvalue weighted by Crippen LogP contribution is 2.18. The average molecular weight is 333 g/mol. The molecule has 0 atom stereocenters. The van der Waals surface area contributed by atoms with Crippen LogP contribution < -0.4 is 16.0 Å². The normalized spacial score (nSPS) is 10.8. The van der Waals surface area contributed by atoms with Crippen LogP contribution in [-0.4, -0.2) is 24.3 Å². The van der Waals surface area contributed by atoms with E-state index in [-0.39, 0.29) is 29.7 Å². The first-order valence-electron chi connectivity index (χ1n) is 8.16. The van der Waals surface area contributed by atoms with Crippen LogP contribution in [0.2, 0.25) is 0 Å². The molecular formula is C18H27N3O3. The minimum absolute atomic E-state index is 0.0598. The van der Waals surface area contributed by atoms with E-state index in [1.807, 2.05) is 27.7 Å². The molecule has 1 rings (SSSR count). The molecule has 0 saturated heterocycles. The number of benzene rings is 1. The fraction of sp³-hybridized carbons (Fsp3) is 0.500. The Morgan fingerprint density at radius 2 is 1.54 bits per heavy atom. The molecular weight excluding hydrogens is 306 g/mol. The molecule has 1 aromatic rings. The second-order valence-electron chi connectivity index (χ2n) is 6.94. The number of nitrogens with one attached hydrogen (secondary N) is 3. The molecule has 132 valence electrons. The van der Waals surface area contributed by atoms with Crippen LogP contribution in [0.15, 0.2) is 24.3 Å². The first-order valence-corrected chi connectivity index (χ1v) is 8.16. The number of amides is 3. The van der Waals surface area contributed by atoms with Crippen LogP contribution in [0.25, 0.3) is 0 Å². The fourth-order valence-corrected chi connectivity index (χ4v) is 2.05. The molecule has 0 aliphatic rings. The van der Waals surface area contributed by atoms with E-state index in [0.717, 1.165) is 6.42 Å².